The van der Waals surface area contributed by atoms with Crippen molar-refractivity contribution in [1.82, 2.24) is 19.5 Å². The molecule has 0 radical (unpaired) electrons. The number of aromatic nitrogens is 2. The molecule has 2 rings (SSSR count). The van der Waals surface area contributed by atoms with Crippen LogP contribution >= 0.6 is 0 Å². The molecule has 0 aliphatic carbocycles. The number of nitrogens with zero attached hydrogens (tertiary/aromatic N) is 5. The number of fused-ring (bicyclic) bond motifs is 1. The number of hydrogen-bond donors (Lipinski definition) is 0. The summed E-state index contributed by atoms with van der Waals surface area (Å²) in [5.74, 6) is 0. The molecule has 0 saturated carbocycles. The van der Waals surface area contributed by atoms with Gasteiger partial charge in [0.25, 0.3) is 0 Å². The van der Waals surface area contributed by atoms with Crippen LogP contribution in [0.5, 0.6) is 0 Å². The predicted octanol–water partition coefficient (Wildman–Crippen LogP) is 6.71. The standard InChI is InChI=1S/C29H53N5O3S/c1-6-10-12-14-16-18-22-34(23-19-17-15-13-11-7-2)38(35,36)27-21-20-26(28-29(27)31-37-30-28)32(5)24-25-33(8-3)9-4/h20-21H,6-19,22-25H2,1-5H3. The monoisotopic (exact) mass is 551 g/mol. The van der Waals surface area contributed by atoms with Crippen LogP contribution in [0.25, 0.3) is 11.0 Å². The minimum atomic E-state index is -3.72. The Bertz CT molecular complexity index is 991. The first-order valence-corrected chi connectivity index (χ1v) is 16.5. The van der Waals surface area contributed by atoms with Crippen molar-refractivity contribution >= 4 is 26.7 Å². The van der Waals surface area contributed by atoms with Crippen LogP contribution in [0.4, 0.5) is 5.69 Å². The average Bonchev–Trinajstić information content (AvgIpc) is 3.41. The summed E-state index contributed by atoms with van der Waals surface area (Å²) in [5.41, 5.74) is 1.67. The SMILES string of the molecule is CCCCCCCCN(CCCCCCCC)S(=O)(=O)c1ccc(N(C)CCN(CC)CC)c2nonc12. The van der Waals surface area contributed by atoms with Crippen molar-refractivity contribution in [2.45, 2.75) is 110 Å². The molecule has 218 valence electrons. The third-order valence-corrected chi connectivity index (χ3v) is 9.48. The van der Waals surface area contributed by atoms with E-state index in [0.29, 0.717) is 24.1 Å². The van der Waals surface area contributed by atoms with E-state index < -0.39 is 10.0 Å². The molecule has 0 saturated heterocycles. The van der Waals surface area contributed by atoms with Gasteiger partial charge in [0.1, 0.15) is 4.90 Å². The van der Waals surface area contributed by atoms with Gasteiger partial charge in [-0.2, -0.15) is 4.31 Å². The van der Waals surface area contributed by atoms with Crippen LogP contribution in [0.15, 0.2) is 21.7 Å². The number of sulfonamides is 1. The van der Waals surface area contributed by atoms with Crippen LogP contribution in [-0.2, 0) is 10.0 Å². The smallest absolute Gasteiger partial charge is 0.245 e. The molecular formula is C29H53N5O3S. The molecule has 9 heteroatoms. The number of benzene rings is 1. The summed E-state index contributed by atoms with van der Waals surface area (Å²) in [5, 5.41) is 8.19. The first kappa shape index (κ1) is 32.5. The van der Waals surface area contributed by atoms with Gasteiger partial charge in [-0.1, -0.05) is 91.9 Å². The van der Waals surface area contributed by atoms with E-state index in [1.54, 1.807) is 10.4 Å². The van der Waals surface area contributed by atoms with E-state index in [4.69, 9.17) is 4.63 Å². The summed E-state index contributed by atoms with van der Waals surface area (Å²) < 4.78 is 34.7. The van der Waals surface area contributed by atoms with E-state index in [1.807, 2.05) is 13.1 Å². The Kier molecular flexibility index (Phi) is 15.2. The normalized spacial score (nSPS) is 12.3. The fourth-order valence-electron chi connectivity index (χ4n) is 4.93. The topological polar surface area (TPSA) is 82.8 Å². The highest BCUT2D eigenvalue weighted by atomic mass is 32.2. The Morgan fingerprint density at radius 3 is 1.76 bits per heavy atom. The first-order chi connectivity index (χ1) is 18.4. The number of anilines is 1. The van der Waals surface area contributed by atoms with Crippen molar-refractivity contribution in [3.05, 3.63) is 12.1 Å². The highest BCUT2D eigenvalue weighted by molar-refractivity contribution is 7.89. The van der Waals surface area contributed by atoms with Gasteiger partial charge in [-0.05, 0) is 48.4 Å². The van der Waals surface area contributed by atoms with Crippen LogP contribution in [0, 0.1) is 0 Å². The van der Waals surface area contributed by atoms with Crippen LogP contribution in [0.1, 0.15) is 105 Å². The fourth-order valence-corrected chi connectivity index (χ4v) is 6.56. The van der Waals surface area contributed by atoms with Crippen molar-refractivity contribution in [2.24, 2.45) is 0 Å². The molecule has 0 spiro atoms. The maximum Gasteiger partial charge on any atom is 0.245 e. The molecule has 0 aliphatic heterocycles. The molecule has 0 bridgehead atoms. The van der Waals surface area contributed by atoms with E-state index in [0.717, 1.165) is 70.4 Å². The zero-order chi connectivity index (χ0) is 27.8. The summed E-state index contributed by atoms with van der Waals surface area (Å²) in [6, 6.07) is 3.55. The zero-order valence-electron chi connectivity index (χ0n) is 24.8. The lowest BCUT2D eigenvalue weighted by Crippen LogP contribution is -2.34. The third-order valence-electron chi connectivity index (χ3n) is 7.55. The Labute approximate surface area is 232 Å². The highest BCUT2D eigenvalue weighted by Crippen LogP contribution is 2.31. The molecular weight excluding hydrogens is 498 g/mol. The lowest BCUT2D eigenvalue weighted by Gasteiger charge is -2.25. The second-order valence-corrected chi connectivity index (χ2v) is 12.3. The van der Waals surface area contributed by atoms with E-state index in [-0.39, 0.29) is 4.90 Å². The molecule has 0 unspecified atom stereocenters. The van der Waals surface area contributed by atoms with Gasteiger partial charge >= 0.3 is 0 Å². The van der Waals surface area contributed by atoms with Gasteiger partial charge in [0.05, 0.1) is 5.69 Å². The largest absolute Gasteiger partial charge is 0.371 e. The lowest BCUT2D eigenvalue weighted by molar-refractivity contribution is 0.310. The summed E-state index contributed by atoms with van der Waals surface area (Å²) in [7, 11) is -1.72. The van der Waals surface area contributed by atoms with E-state index in [2.05, 4.69) is 47.8 Å². The van der Waals surface area contributed by atoms with Crippen molar-refractivity contribution < 1.29 is 13.0 Å². The Morgan fingerprint density at radius 1 is 0.684 bits per heavy atom. The number of likely N-dealkylation sites (N-methyl/N-ethyl adjacent to an activating group) is 2. The molecule has 8 nitrogen and oxygen atoms in total. The zero-order valence-corrected chi connectivity index (χ0v) is 25.6. The molecule has 1 aromatic carbocycles. The van der Waals surface area contributed by atoms with Crippen molar-refractivity contribution in [2.75, 3.05) is 51.2 Å². The molecule has 0 amide bonds. The predicted molar refractivity (Wildman–Crippen MR) is 158 cm³/mol. The minimum Gasteiger partial charge on any atom is -0.371 e. The van der Waals surface area contributed by atoms with E-state index in [1.165, 1.54) is 38.5 Å². The van der Waals surface area contributed by atoms with Crippen LogP contribution in [0.2, 0.25) is 0 Å². The van der Waals surface area contributed by atoms with Crippen LogP contribution < -0.4 is 4.90 Å². The molecule has 1 aromatic heterocycles. The maximum absolute atomic E-state index is 13.9. The third kappa shape index (κ3) is 9.79. The Morgan fingerprint density at radius 2 is 1.21 bits per heavy atom. The Balaban J connectivity index is 2.20. The van der Waals surface area contributed by atoms with Crippen LogP contribution in [-0.4, -0.2) is 74.3 Å². The van der Waals surface area contributed by atoms with Gasteiger partial charge < -0.3 is 9.80 Å². The van der Waals surface area contributed by atoms with Gasteiger partial charge in [-0.3, -0.25) is 0 Å². The van der Waals surface area contributed by atoms with Gasteiger partial charge in [0.15, 0.2) is 11.0 Å². The summed E-state index contributed by atoms with van der Waals surface area (Å²) >= 11 is 0. The van der Waals surface area contributed by atoms with Crippen LogP contribution in [0.3, 0.4) is 0 Å². The fraction of sp³-hybridized carbons (Fsp3) is 0.793. The molecule has 38 heavy (non-hydrogen) atoms. The lowest BCUT2D eigenvalue weighted by atomic mass is 10.1. The maximum atomic E-state index is 13.9. The van der Waals surface area contributed by atoms with Gasteiger partial charge in [-0.25, -0.2) is 13.0 Å². The Hall–Kier alpha value is -1.71. The van der Waals surface area contributed by atoms with Crippen molar-refractivity contribution in [3.63, 3.8) is 0 Å². The van der Waals surface area contributed by atoms with Gasteiger partial charge in [-0.15, -0.1) is 0 Å². The number of hydrogen-bond acceptors (Lipinski definition) is 7. The molecule has 0 fully saturated rings. The van der Waals surface area contributed by atoms with Crippen molar-refractivity contribution in [1.29, 1.82) is 0 Å². The van der Waals surface area contributed by atoms with Gasteiger partial charge in [0, 0.05) is 33.2 Å². The summed E-state index contributed by atoms with van der Waals surface area (Å²) in [6.45, 7) is 13.5. The molecule has 0 atom stereocenters. The van der Waals surface area contributed by atoms with E-state index in [9.17, 15) is 8.42 Å². The van der Waals surface area contributed by atoms with Crippen molar-refractivity contribution in [3.8, 4) is 0 Å². The second-order valence-electron chi connectivity index (χ2n) is 10.4. The quantitative estimate of drug-likeness (QED) is 0.150. The van der Waals surface area contributed by atoms with Gasteiger partial charge in [0.2, 0.25) is 10.0 Å². The number of rotatable bonds is 22. The molecule has 0 N–H and O–H groups in total. The highest BCUT2D eigenvalue weighted by Gasteiger charge is 2.29. The number of unbranched alkanes of at least 4 members (excludes halogenated alkanes) is 10. The molecule has 2 aromatic rings. The average molecular weight is 552 g/mol. The van der Waals surface area contributed by atoms with E-state index >= 15 is 0 Å². The molecule has 0 aliphatic rings. The summed E-state index contributed by atoms with van der Waals surface area (Å²) in [4.78, 5) is 4.66. The minimum absolute atomic E-state index is 0.201. The first-order valence-electron chi connectivity index (χ1n) is 15.1. The second kappa shape index (κ2) is 17.8. The molecule has 1 heterocycles. The summed E-state index contributed by atoms with van der Waals surface area (Å²) in [6.07, 6.45) is 13.5.